The summed E-state index contributed by atoms with van der Waals surface area (Å²) in [5.74, 6) is 1.00. The minimum absolute atomic E-state index is 0.511. The van der Waals surface area contributed by atoms with Crippen molar-refractivity contribution in [1.29, 1.82) is 0 Å². The Hall–Kier alpha value is -1.18. The largest absolute Gasteiger partial charge is 0.379 e. The molecule has 0 bridgehead atoms. The number of hydrogen-bond donors (Lipinski definition) is 2. The van der Waals surface area contributed by atoms with Gasteiger partial charge in [0.2, 0.25) is 0 Å². The molecule has 2 fully saturated rings. The predicted molar refractivity (Wildman–Crippen MR) is 95.8 cm³/mol. The summed E-state index contributed by atoms with van der Waals surface area (Å²) in [4.78, 5) is 2.39. The van der Waals surface area contributed by atoms with E-state index in [1.165, 1.54) is 32.1 Å². The number of anilines is 1. The highest BCUT2D eigenvalue weighted by atomic mass is 32.1. The highest BCUT2D eigenvalue weighted by molar-refractivity contribution is 7.80. The minimum atomic E-state index is 0.511. The van der Waals surface area contributed by atoms with Gasteiger partial charge < -0.3 is 15.4 Å². The molecule has 2 heterocycles. The molecule has 2 N–H and O–H groups in total. The smallest absolute Gasteiger partial charge is 0.171 e. The van der Waals surface area contributed by atoms with E-state index in [1.54, 1.807) is 0 Å². The van der Waals surface area contributed by atoms with Crippen molar-refractivity contribution >= 4 is 23.1 Å². The molecule has 0 radical (unpaired) electrons. The number of nitrogens with zero attached hydrogens (tertiary/aromatic N) is 3. The summed E-state index contributed by atoms with van der Waals surface area (Å²) in [6, 6.07) is 2.52. The lowest BCUT2D eigenvalue weighted by atomic mass is 9.96. The number of thiocarbonyl (C=S) groups is 1. The first-order chi connectivity index (χ1) is 11.3. The first-order valence-corrected chi connectivity index (χ1v) is 9.12. The van der Waals surface area contributed by atoms with Crippen LogP contribution in [-0.2, 0) is 4.74 Å². The van der Waals surface area contributed by atoms with Crippen LogP contribution in [-0.4, -0.2) is 59.2 Å². The number of hydrogen-bond acceptors (Lipinski definition) is 4. The Labute approximate surface area is 143 Å². The normalized spacial score (nSPS) is 20.3. The summed E-state index contributed by atoms with van der Waals surface area (Å²) in [7, 11) is 0. The van der Waals surface area contributed by atoms with Crippen molar-refractivity contribution in [2.24, 2.45) is 0 Å². The summed E-state index contributed by atoms with van der Waals surface area (Å²) in [6.45, 7) is 5.54. The molecule has 1 aliphatic carbocycles. The van der Waals surface area contributed by atoms with E-state index in [4.69, 9.17) is 17.0 Å². The first-order valence-electron chi connectivity index (χ1n) is 8.71. The molecule has 0 atom stereocenters. The molecule has 3 rings (SSSR count). The molecule has 1 aromatic rings. The second-order valence-electron chi connectivity index (χ2n) is 6.29. The fourth-order valence-electron chi connectivity index (χ4n) is 3.34. The van der Waals surface area contributed by atoms with Gasteiger partial charge in [-0.1, -0.05) is 19.3 Å². The van der Waals surface area contributed by atoms with Gasteiger partial charge in [0.15, 0.2) is 5.11 Å². The Balaban J connectivity index is 1.43. The van der Waals surface area contributed by atoms with Gasteiger partial charge in [-0.15, -0.1) is 0 Å². The molecule has 0 aromatic carbocycles. The van der Waals surface area contributed by atoms with E-state index >= 15 is 0 Å². The molecule has 1 saturated heterocycles. The molecule has 1 saturated carbocycles. The second-order valence-corrected chi connectivity index (χ2v) is 6.70. The van der Waals surface area contributed by atoms with E-state index in [0.717, 1.165) is 45.2 Å². The molecule has 0 spiro atoms. The molecule has 1 aliphatic heterocycles. The Bertz CT molecular complexity index is 494. The van der Waals surface area contributed by atoms with Crippen LogP contribution >= 0.6 is 12.2 Å². The minimum Gasteiger partial charge on any atom is -0.379 e. The lowest BCUT2D eigenvalue weighted by Crippen LogP contribution is -2.42. The van der Waals surface area contributed by atoms with Crippen molar-refractivity contribution in [2.75, 3.05) is 44.7 Å². The number of rotatable bonds is 5. The van der Waals surface area contributed by atoms with Gasteiger partial charge in [0.1, 0.15) is 5.82 Å². The van der Waals surface area contributed by atoms with E-state index in [0.29, 0.717) is 11.2 Å². The van der Waals surface area contributed by atoms with Crippen LogP contribution in [0.3, 0.4) is 0 Å². The number of nitrogens with one attached hydrogen (secondary N) is 2. The van der Waals surface area contributed by atoms with Crippen LogP contribution in [0.2, 0.25) is 0 Å². The van der Waals surface area contributed by atoms with Crippen LogP contribution in [0.5, 0.6) is 0 Å². The van der Waals surface area contributed by atoms with Gasteiger partial charge in [-0.25, -0.2) is 4.68 Å². The topological polar surface area (TPSA) is 54.4 Å². The van der Waals surface area contributed by atoms with Gasteiger partial charge in [-0.3, -0.25) is 4.90 Å². The zero-order chi connectivity index (χ0) is 15.9. The SMILES string of the molecule is S=C(NCCN1CCOCC1)Nc1ccnn1C1CCCCC1. The van der Waals surface area contributed by atoms with Crippen LogP contribution in [0.25, 0.3) is 0 Å². The third kappa shape index (κ3) is 4.89. The van der Waals surface area contributed by atoms with Crippen LogP contribution < -0.4 is 10.6 Å². The molecule has 0 unspecified atom stereocenters. The Morgan fingerprint density at radius 1 is 1.26 bits per heavy atom. The monoisotopic (exact) mass is 337 g/mol. The zero-order valence-corrected chi connectivity index (χ0v) is 14.5. The average Bonchev–Trinajstić information content (AvgIpc) is 3.05. The lowest BCUT2D eigenvalue weighted by molar-refractivity contribution is 0.0389. The molecule has 23 heavy (non-hydrogen) atoms. The fourth-order valence-corrected chi connectivity index (χ4v) is 3.55. The highest BCUT2D eigenvalue weighted by Gasteiger charge is 2.18. The third-order valence-corrected chi connectivity index (χ3v) is 4.90. The molecule has 6 nitrogen and oxygen atoms in total. The molecular formula is C16H27N5OS. The lowest BCUT2D eigenvalue weighted by Gasteiger charge is -2.27. The maximum atomic E-state index is 5.42. The van der Waals surface area contributed by atoms with Crippen LogP contribution in [0.15, 0.2) is 12.3 Å². The number of morpholine rings is 1. The van der Waals surface area contributed by atoms with Crippen molar-refractivity contribution < 1.29 is 4.74 Å². The van der Waals surface area contributed by atoms with E-state index in [9.17, 15) is 0 Å². The molecule has 2 aliphatic rings. The summed E-state index contributed by atoms with van der Waals surface area (Å²) in [5.41, 5.74) is 0. The van der Waals surface area contributed by atoms with E-state index in [-0.39, 0.29) is 0 Å². The van der Waals surface area contributed by atoms with Crippen LogP contribution in [0.4, 0.5) is 5.82 Å². The summed E-state index contributed by atoms with van der Waals surface area (Å²) in [6.07, 6.45) is 8.23. The first kappa shape index (κ1) is 16.7. The highest BCUT2D eigenvalue weighted by Crippen LogP contribution is 2.29. The van der Waals surface area contributed by atoms with Crippen LogP contribution in [0.1, 0.15) is 38.1 Å². The van der Waals surface area contributed by atoms with E-state index < -0.39 is 0 Å². The van der Waals surface area contributed by atoms with Crippen LogP contribution in [0, 0.1) is 0 Å². The Morgan fingerprint density at radius 2 is 2.04 bits per heavy atom. The molecule has 1 aromatic heterocycles. The van der Waals surface area contributed by atoms with Gasteiger partial charge >= 0.3 is 0 Å². The number of ether oxygens (including phenoxy) is 1. The van der Waals surface area contributed by atoms with Gasteiger partial charge in [0.25, 0.3) is 0 Å². The van der Waals surface area contributed by atoms with Gasteiger partial charge in [-0.2, -0.15) is 5.10 Å². The zero-order valence-electron chi connectivity index (χ0n) is 13.7. The Kier molecular flexibility index (Phi) is 6.24. The van der Waals surface area contributed by atoms with Gasteiger partial charge in [0.05, 0.1) is 25.5 Å². The average molecular weight is 337 g/mol. The fraction of sp³-hybridized carbons (Fsp3) is 0.750. The molecule has 128 valence electrons. The predicted octanol–water partition coefficient (Wildman–Crippen LogP) is 2.01. The van der Waals surface area contributed by atoms with E-state index in [2.05, 4.69) is 25.3 Å². The second kappa shape index (κ2) is 8.61. The molecule has 7 heteroatoms. The summed E-state index contributed by atoms with van der Waals surface area (Å²) in [5, 5.41) is 11.8. The third-order valence-electron chi connectivity index (χ3n) is 4.65. The van der Waals surface area contributed by atoms with Crippen molar-refractivity contribution in [1.82, 2.24) is 20.0 Å². The molecular weight excluding hydrogens is 310 g/mol. The summed E-state index contributed by atoms with van der Waals surface area (Å²) < 4.78 is 7.46. The quantitative estimate of drug-likeness (QED) is 0.802. The van der Waals surface area contributed by atoms with E-state index in [1.807, 2.05) is 12.3 Å². The maximum absolute atomic E-state index is 5.42. The summed E-state index contributed by atoms with van der Waals surface area (Å²) >= 11 is 5.42. The van der Waals surface area contributed by atoms with Gasteiger partial charge in [-0.05, 0) is 25.1 Å². The van der Waals surface area contributed by atoms with Gasteiger partial charge in [0, 0.05) is 32.2 Å². The molecule has 0 amide bonds. The Morgan fingerprint density at radius 3 is 2.83 bits per heavy atom. The maximum Gasteiger partial charge on any atom is 0.171 e. The van der Waals surface area contributed by atoms with Crippen molar-refractivity contribution in [3.8, 4) is 0 Å². The standard InChI is InChI=1S/C16H27N5OS/c23-16(17-8-9-20-10-12-22-13-11-20)19-15-6-7-18-21(15)14-4-2-1-3-5-14/h6-7,14H,1-5,8-13H2,(H2,17,19,23). The van der Waals surface area contributed by atoms with Crippen molar-refractivity contribution in [3.05, 3.63) is 12.3 Å². The van der Waals surface area contributed by atoms with Crippen molar-refractivity contribution in [2.45, 2.75) is 38.1 Å². The van der Waals surface area contributed by atoms with Crippen molar-refractivity contribution in [3.63, 3.8) is 0 Å². The number of aromatic nitrogens is 2.